The van der Waals surface area contributed by atoms with E-state index in [0.717, 1.165) is 23.2 Å². The van der Waals surface area contributed by atoms with Crippen molar-refractivity contribution in [2.45, 2.75) is 64.8 Å². The van der Waals surface area contributed by atoms with Crippen LogP contribution in [0.3, 0.4) is 0 Å². The largest absolute Gasteiger partial charge is 0.351 e. The minimum Gasteiger partial charge on any atom is -0.351 e. The molecule has 0 radical (unpaired) electrons. The standard InChI is InChI=1S/C23H30N2O/c1-15-10-9-11-16(2)20(15)25(21(24)26)19-14-22(3,4)17-12-7-8-13-18(17)23(19,5)6/h7-13,19H,14H2,1-6H3,(H2,24,26). The van der Waals surface area contributed by atoms with Gasteiger partial charge in [-0.2, -0.15) is 0 Å². The number of rotatable bonds is 2. The van der Waals surface area contributed by atoms with E-state index in [9.17, 15) is 4.79 Å². The quantitative estimate of drug-likeness (QED) is 0.793. The highest BCUT2D eigenvalue weighted by atomic mass is 16.2. The van der Waals surface area contributed by atoms with Crippen LogP contribution >= 0.6 is 0 Å². The Kier molecular flexibility index (Phi) is 4.38. The Labute approximate surface area is 157 Å². The summed E-state index contributed by atoms with van der Waals surface area (Å²) in [6, 6.07) is 14.4. The summed E-state index contributed by atoms with van der Waals surface area (Å²) in [4.78, 5) is 14.5. The molecular formula is C23H30N2O. The number of anilines is 1. The zero-order valence-corrected chi connectivity index (χ0v) is 16.8. The van der Waals surface area contributed by atoms with Gasteiger partial charge in [0.1, 0.15) is 0 Å². The number of hydrogen-bond donors (Lipinski definition) is 1. The van der Waals surface area contributed by atoms with Crippen molar-refractivity contribution in [2.75, 3.05) is 4.90 Å². The minimum atomic E-state index is -0.379. The normalized spacial score (nSPS) is 20.3. The Morgan fingerprint density at radius 3 is 2.04 bits per heavy atom. The second-order valence-electron chi connectivity index (χ2n) is 8.82. The molecule has 3 rings (SSSR count). The van der Waals surface area contributed by atoms with Crippen molar-refractivity contribution in [1.82, 2.24) is 0 Å². The maximum Gasteiger partial charge on any atom is 0.319 e. The van der Waals surface area contributed by atoms with Gasteiger partial charge in [-0.3, -0.25) is 4.90 Å². The van der Waals surface area contributed by atoms with Gasteiger partial charge in [-0.15, -0.1) is 0 Å². The van der Waals surface area contributed by atoms with Crippen LogP contribution in [-0.4, -0.2) is 12.1 Å². The van der Waals surface area contributed by atoms with Crippen molar-refractivity contribution in [3.05, 3.63) is 64.7 Å². The molecule has 1 unspecified atom stereocenters. The minimum absolute atomic E-state index is 0.00954. The van der Waals surface area contributed by atoms with Gasteiger partial charge in [-0.05, 0) is 47.9 Å². The molecule has 2 amide bonds. The van der Waals surface area contributed by atoms with Crippen LogP contribution in [0.2, 0.25) is 0 Å². The second-order valence-corrected chi connectivity index (χ2v) is 8.82. The molecule has 0 aromatic heterocycles. The van der Waals surface area contributed by atoms with Crippen LogP contribution in [-0.2, 0) is 10.8 Å². The van der Waals surface area contributed by atoms with E-state index in [1.807, 2.05) is 36.9 Å². The summed E-state index contributed by atoms with van der Waals surface area (Å²) in [7, 11) is 0. The first-order chi connectivity index (χ1) is 12.1. The highest BCUT2D eigenvalue weighted by Gasteiger charge is 2.48. The van der Waals surface area contributed by atoms with Crippen molar-refractivity contribution in [3.63, 3.8) is 0 Å². The van der Waals surface area contributed by atoms with Gasteiger partial charge < -0.3 is 5.73 Å². The summed E-state index contributed by atoms with van der Waals surface area (Å²) in [6.45, 7) is 13.1. The SMILES string of the molecule is Cc1cccc(C)c1N(C(N)=O)C1CC(C)(C)c2ccccc2C1(C)C. The molecule has 3 nitrogen and oxygen atoms in total. The van der Waals surface area contributed by atoms with E-state index in [-0.39, 0.29) is 22.9 Å². The Balaban J connectivity index is 2.22. The fraction of sp³-hybridized carbons (Fsp3) is 0.435. The number of fused-ring (bicyclic) bond motifs is 1. The molecule has 1 aliphatic rings. The topological polar surface area (TPSA) is 46.3 Å². The van der Waals surface area contributed by atoms with Crippen LogP contribution in [0.4, 0.5) is 10.5 Å². The molecule has 2 aromatic rings. The van der Waals surface area contributed by atoms with Gasteiger partial charge in [-0.25, -0.2) is 4.79 Å². The molecule has 2 aromatic carbocycles. The molecule has 138 valence electrons. The van der Waals surface area contributed by atoms with Crippen LogP contribution in [0.1, 0.15) is 56.4 Å². The molecule has 0 heterocycles. The Morgan fingerprint density at radius 1 is 0.962 bits per heavy atom. The lowest BCUT2D eigenvalue weighted by atomic mass is 9.60. The molecule has 0 bridgehead atoms. The number of primary amides is 1. The monoisotopic (exact) mass is 350 g/mol. The van der Waals surface area contributed by atoms with Gasteiger partial charge in [0, 0.05) is 11.5 Å². The average Bonchev–Trinajstić information content (AvgIpc) is 2.55. The zero-order valence-electron chi connectivity index (χ0n) is 16.8. The average molecular weight is 351 g/mol. The highest BCUT2D eigenvalue weighted by Crippen LogP contribution is 2.49. The van der Waals surface area contributed by atoms with E-state index in [1.165, 1.54) is 11.1 Å². The lowest BCUT2D eigenvalue weighted by Gasteiger charge is -2.51. The molecule has 1 atom stereocenters. The summed E-state index contributed by atoms with van der Waals surface area (Å²) >= 11 is 0. The van der Waals surface area contributed by atoms with E-state index in [4.69, 9.17) is 5.73 Å². The summed E-state index contributed by atoms with van der Waals surface area (Å²) < 4.78 is 0. The fourth-order valence-corrected chi connectivity index (χ4v) is 4.68. The summed E-state index contributed by atoms with van der Waals surface area (Å²) in [5.41, 5.74) is 11.5. The van der Waals surface area contributed by atoms with E-state index in [0.29, 0.717) is 0 Å². The number of urea groups is 1. The molecule has 0 spiro atoms. The molecule has 26 heavy (non-hydrogen) atoms. The van der Waals surface area contributed by atoms with Gasteiger partial charge in [0.25, 0.3) is 0 Å². The van der Waals surface area contributed by atoms with E-state index in [1.54, 1.807) is 0 Å². The number of carbonyl (C=O) groups is 1. The third-order valence-electron chi connectivity index (χ3n) is 6.12. The molecule has 1 aliphatic carbocycles. The Hall–Kier alpha value is -2.29. The lowest BCUT2D eigenvalue weighted by Crippen LogP contribution is -2.58. The molecule has 0 saturated heterocycles. The summed E-state index contributed by atoms with van der Waals surface area (Å²) in [6.07, 6.45) is 0.869. The van der Waals surface area contributed by atoms with Crippen molar-refractivity contribution < 1.29 is 4.79 Å². The fourth-order valence-electron chi connectivity index (χ4n) is 4.68. The van der Waals surface area contributed by atoms with Crippen LogP contribution in [0.25, 0.3) is 0 Å². The van der Waals surface area contributed by atoms with Crippen LogP contribution in [0.5, 0.6) is 0 Å². The second kappa shape index (κ2) is 6.15. The number of carbonyl (C=O) groups excluding carboxylic acids is 1. The predicted octanol–water partition coefficient (Wildman–Crippen LogP) is 5.22. The number of benzene rings is 2. The number of hydrogen-bond acceptors (Lipinski definition) is 1. The maximum atomic E-state index is 12.7. The first-order valence-corrected chi connectivity index (χ1v) is 9.32. The van der Waals surface area contributed by atoms with Crippen molar-refractivity contribution in [2.24, 2.45) is 5.73 Å². The molecule has 0 saturated carbocycles. The Bertz CT molecular complexity index is 831. The third-order valence-corrected chi connectivity index (χ3v) is 6.12. The van der Waals surface area contributed by atoms with Crippen molar-refractivity contribution >= 4 is 11.7 Å². The van der Waals surface area contributed by atoms with E-state index < -0.39 is 0 Å². The van der Waals surface area contributed by atoms with Crippen molar-refractivity contribution in [3.8, 4) is 0 Å². The van der Waals surface area contributed by atoms with Crippen LogP contribution < -0.4 is 10.6 Å². The number of para-hydroxylation sites is 1. The van der Waals surface area contributed by atoms with Crippen LogP contribution in [0, 0.1) is 13.8 Å². The predicted molar refractivity (Wildman–Crippen MR) is 109 cm³/mol. The molecule has 0 aliphatic heterocycles. The smallest absolute Gasteiger partial charge is 0.319 e. The number of nitrogens with two attached hydrogens (primary N) is 1. The summed E-state index contributed by atoms with van der Waals surface area (Å²) in [5.74, 6) is 0. The Morgan fingerprint density at radius 2 is 1.50 bits per heavy atom. The van der Waals surface area contributed by atoms with Gasteiger partial charge in [-0.1, -0.05) is 70.2 Å². The lowest BCUT2D eigenvalue weighted by molar-refractivity contribution is 0.233. The van der Waals surface area contributed by atoms with E-state index >= 15 is 0 Å². The zero-order chi connectivity index (χ0) is 19.3. The third kappa shape index (κ3) is 2.80. The highest BCUT2D eigenvalue weighted by molar-refractivity contribution is 5.93. The first-order valence-electron chi connectivity index (χ1n) is 9.32. The molecular weight excluding hydrogens is 320 g/mol. The molecule has 2 N–H and O–H groups in total. The van der Waals surface area contributed by atoms with Gasteiger partial charge >= 0.3 is 6.03 Å². The first kappa shape index (κ1) is 18.5. The van der Waals surface area contributed by atoms with Gasteiger partial charge in [0.05, 0.1) is 5.69 Å². The number of amides is 2. The maximum absolute atomic E-state index is 12.7. The summed E-state index contributed by atoms with van der Waals surface area (Å²) in [5, 5.41) is 0. The number of aryl methyl sites for hydroxylation is 2. The number of nitrogens with zero attached hydrogens (tertiary/aromatic N) is 1. The van der Waals surface area contributed by atoms with E-state index in [2.05, 4.69) is 52.0 Å². The van der Waals surface area contributed by atoms with Crippen molar-refractivity contribution in [1.29, 1.82) is 0 Å². The molecule has 0 fully saturated rings. The van der Waals surface area contributed by atoms with Crippen LogP contribution in [0.15, 0.2) is 42.5 Å². The molecule has 3 heteroatoms. The van der Waals surface area contributed by atoms with Gasteiger partial charge in [0.15, 0.2) is 0 Å². The van der Waals surface area contributed by atoms with Gasteiger partial charge in [0.2, 0.25) is 0 Å².